The molecule has 16 heavy (non-hydrogen) atoms. The average molecular weight is 234 g/mol. The van der Waals surface area contributed by atoms with E-state index in [9.17, 15) is 9.59 Å². The van der Waals surface area contributed by atoms with Gasteiger partial charge in [0, 0.05) is 16.5 Å². The van der Waals surface area contributed by atoms with E-state index in [1.165, 1.54) is 27.2 Å². The molecule has 0 spiro atoms. The number of thiazole rings is 1. The molecule has 0 atom stereocenters. The second-order valence-electron chi connectivity index (χ2n) is 4.03. The van der Waals surface area contributed by atoms with Crippen molar-refractivity contribution in [2.24, 2.45) is 0 Å². The van der Waals surface area contributed by atoms with Crippen molar-refractivity contribution in [3.8, 4) is 0 Å². The van der Waals surface area contributed by atoms with Gasteiger partial charge in [-0.15, -0.1) is 11.3 Å². The molecule has 2 heterocycles. The molecule has 3 rings (SSSR count). The summed E-state index contributed by atoms with van der Waals surface area (Å²) in [5.41, 5.74) is 1.55. The van der Waals surface area contributed by atoms with Crippen molar-refractivity contribution in [1.82, 2.24) is 4.98 Å². The molecule has 1 aliphatic heterocycles. The number of fused-ring (bicyclic) bond motifs is 1. The number of anilines is 1. The van der Waals surface area contributed by atoms with E-state index in [0.717, 1.165) is 25.0 Å². The predicted molar refractivity (Wildman–Crippen MR) is 60.4 cm³/mol. The van der Waals surface area contributed by atoms with Gasteiger partial charge in [-0.05, 0) is 26.2 Å². The lowest BCUT2D eigenvalue weighted by Gasteiger charge is -2.09. The average Bonchev–Trinajstić information content (AvgIpc) is 2.82. The Kier molecular flexibility index (Phi) is 1.97. The topological polar surface area (TPSA) is 50.3 Å². The fourth-order valence-electron chi connectivity index (χ4n) is 2.04. The molecule has 0 N–H and O–H groups in total. The zero-order valence-corrected chi connectivity index (χ0v) is 9.63. The zero-order valence-electron chi connectivity index (χ0n) is 8.82. The van der Waals surface area contributed by atoms with Gasteiger partial charge < -0.3 is 0 Å². The third-order valence-electron chi connectivity index (χ3n) is 2.88. The van der Waals surface area contributed by atoms with Crippen LogP contribution in [0.1, 0.15) is 23.9 Å². The van der Waals surface area contributed by atoms with Crippen molar-refractivity contribution in [1.29, 1.82) is 0 Å². The van der Waals surface area contributed by atoms with Crippen LogP contribution in [0.25, 0.3) is 0 Å². The van der Waals surface area contributed by atoms with Crippen molar-refractivity contribution in [2.45, 2.75) is 26.2 Å². The summed E-state index contributed by atoms with van der Waals surface area (Å²) >= 11 is 1.47. The van der Waals surface area contributed by atoms with E-state index in [0.29, 0.717) is 10.7 Å². The number of carbonyl (C=O) groups excluding carboxylic acids is 2. The minimum Gasteiger partial charge on any atom is -0.269 e. The van der Waals surface area contributed by atoms with Gasteiger partial charge >= 0.3 is 0 Å². The maximum atomic E-state index is 11.7. The molecule has 4 nitrogen and oxygen atoms in total. The first kappa shape index (κ1) is 9.72. The number of hydrogen-bond donors (Lipinski definition) is 0. The third-order valence-corrected chi connectivity index (χ3v) is 4.02. The Morgan fingerprint density at radius 3 is 2.81 bits per heavy atom. The number of nitrogens with zero attached hydrogens (tertiary/aromatic N) is 2. The van der Waals surface area contributed by atoms with Gasteiger partial charge in [0.25, 0.3) is 11.8 Å². The highest BCUT2D eigenvalue weighted by Crippen LogP contribution is 2.34. The summed E-state index contributed by atoms with van der Waals surface area (Å²) in [4.78, 5) is 30.1. The monoisotopic (exact) mass is 234 g/mol. The number of hydrogen-bond acceptors (Lipinski definition) is 4. The Bertz CT molecular complexity index is 509. The van der Waals surface area contributed by atoms with E-state index < -0.39 is 0 Å². The van der Waals surface area contributed by atoms with Gasteiger partial charge in [0.2, 0.25) is 0 Å². The molecule has 5 heteroatoms. The van der Waals surface area contributed by atoms with Crippen LogP contribution in [0.3, 0.4) is 0 Å². The van der Waals surface area contributed by atoms with Crippen LogP contribution < -0.4 is 4.90 Å². The van der Waals surface area contributed by atoms with Crippen LogP contribution in [-0.2, 0) is 22.4 Å². The number of amides is 2. The van der Waals surface area contributed by atoms with Crippen molar-refractivity contribution in [3.63, 3.8) is 0 Å². The lowest BCUT2D eigenvalue weighted by atomic mass is 10.3. The zero-order chi connectivity index (χ0) is 11.3. The number of rotatable bonds is 1. The molecule has 0 bridgehead atoms. The fourth-order valence-corrected chi connectivity index (χ4v) is 3.19. The molecule has 0 radical (unpaired) electrons. The van der Waals surface area contributed by atoms with Crippen LogP contribution >= 0.6 is 11.3 Å². The minimum absolute atomic E-state index is 0.238. The quantitative estimate of drug-likeness (QED) is 0.691. The molecule has 82 valence electrons. The van der Waals surface area contributed by atoms with E-state index in [2.05, 4.69) is 4.98 Å². The number of aryl methyl sites for hydroxylation is 2. The molecule has 0 fully saturated rings. The van der Waals surface area contributed by atoms with E-state index in [4.69, 9.17) is 0 Å². The molecule has 2 aliphatic rings. The molecule has 1 aliphatic carbocycles. The Hall–Kier alpha value is -1.49. The first-order valence-electron chi connectivity index (χ1n) is 5.22. The SMILES string of the molecule is CC1=CC(=O)N(c2nc3c(s2)CCC3)C1=O. The molecule has 1 aromatic rings. The third kappa shape index (κ3) is 1.24. The van der Waals surface area contributed by atoms with E-state index >= 15 is 0 Å². The maximum absolute atomic E-state index is 11.7. The number of imide groups is 1. The minimum atomic E-state index is -0.269. The van der Waals surface area contributed by atoms with Crippen LogP contribution in [0.5, 0.6) is 0 Å². The molecular formula is C11H10N2O2S. The molecule has 0 unspecified atom stereocenters. The van der Waals surface area contributed by atoms with Crippen LogP contribution in [0.15, 0.2) is 11.6 Å². The van der Waals surface area contributed by atoms with Crippen LogP contribution in [-0.4, -0.2) is 16.8 Å². The van der Waals surface area contributed by atoms with Gasteiger partial charge in [-0.1, -0.05) is 0 Å². The number of aromatic nitrogens is 1. The Balaban J connectivity index is 1.99. The largest absolute Gasteiger partial charge is 0.269 e. The Labute approximate surface area is 96.6 Å². The second-order valence-corrected chi connectivity index (χ2v) is 5.09. The Morgan fingerprint density at radius 2 is 2.19 bits per heavy atom. The van der Waals surface area contributed by atoms with Crippen molar-refractivity contribution in [2.75, 3.05) is 4.90 Å². The molecule has 0 aromatic carbocycles. The highest BCUT2D eigenvalue weighted by atomic mass is 32.1. The lowest BCUT2D eigenvalue weighted by Crippen LogP contribution is -2.30. The van der Waals surface area contributed by atoms with Crippen molar-refractivity contribution in [3.05, 3.63) is 22.2 Å². The van der Waals surface area contributed by atoms with Gasteiger partial charge in [0.05, 0.1) is 5.69 Å². The molecule has 0 saturated carbocycles. The molecular weight excluding hydrogens is 224 g/mol. The van der Waals surface area contributed by atoms with Gasteiger partial charge in [0.1, 0.15) is 0 Å². The van der Waals surface area contributed by atoms with E-state index in [1.807, 2.05) is 0 Å². The molecule has 2 amide bonds. The normalized spacial score (nSPS) is 19.3. The van der Waals surface area contributed by atoms with Crippen LogP contribution in [0.2, 0.25) is 0 Å². The highest BCUT2D eigenvalue weighted by molar-refractivity contribution is 7.16. The summed E-state index contributed by atoms with van der Waals surface area (Å²) in [6, 6.07) is 0. The van der Waals surface area contributed by atoms with Crippen LogP contribution in [0.4, 0.5) is 5.13 Å². The summed E-state index contributed by atoms with van der Waals surface area (Å²) in [5, 5.41) is 0.535. The van der Waals surface area contributed by atoms with Crippen molar-refractivity contribution < 1.29 is 9.59 Å². The van der Waals surface area contributed by atoms with Gasteiger partial charge in [-0.3, -0.25) is 9.59 Å². The Morgan fingerprint density at radius 1 is 1.38 bits per heavy atom. The maximum Gasteiger partial charge on any atom is 0.263 e. The first-order chi connectivity index (χ1) is 7.66. The van der Waals surface area contributed by atoms with Gasteiger partial charge in [-0.2, -0.15) is 0 Å². The van der Waals surface area contributed by atoms with Crippen molar-refractivity contribution >= 4 is 28.3 Å². The van der Waals surface area contributed by atoms with Crippen LogP contribution in [0, 0.1) is 0 Å². The fraction of sp³-hybridized carbons (Fsp3) is 0.364. The highest BCUT2D eigenvalue weighted by Gasteiger charge is 2.33. The van der Waals surface area contributed by atoms with Gasteiger partial charge in [0.15, 0.2) is 5.13 Å². The summed E-state index contributed by atoms with van der Waals surface area (Å²) in [5.74, 6) is -0.507. The van der Waals surface area contributed by atoms with Gasteiger partial charge in [-0.25, -0.2) is 9.88 Å². The summed E-state index contributed by atoms with van der Waals surface area (Å²) in [6.07, 6.45) is 4.49. The second kappa shape index (κ2) is 3.25. The smallest absolute Gasteiger partial charge is 0.263 e. The first-order valence-corrected chi connectivity index (χ1v) is 6.04. The molecule has 1 aromatic heterocycles. The van der Waals surface area contributed by atoms with E-state index in [-0.39, 0.29) is 11.8 Å². The summed E-state index contributed by atoms with van der Waals surface area (Å²) in [7, 11) is 0. The molecule has 0 saturated heterocycles. The predicted octanol–water partition coefficient (Wildman–Crippen LogP) is 1.45. The summed E-state index contributed by atoms with van der Waals surface area (Å²) < 4.78 is 0. The van der Waals surface area contributed by atoms with E-state index in [1.54, 1.807) is 6.92 Å². The lowest BCUT2D eigenvalue weighted by molar-refractivity contribution is -0.120. The number of carbonyl (C=O) groups is 2. The standard InChI is InChI=1S/C11H10N2O2S/c1-6-5-9(14)13(10(6)15)11-12-7-3-2-4-8(7)16-11/h5H,2-4H2,1H3. The summed E-state index contributed by atoms with van der Waals surface area (Å²) in [6.45, 7) is 1.65.